The van der Waals surface area contributed by atoms with Crippen molar-refractivity contribution in [2.45, 2.75) is 32.4 Å². The minimum absolute atomic E-state index is 0.00603. The van der Waals surface area contributed by atoms with Crippen molar-refractivity contribution in [3.8, 4) is 5.75 Å². The van der Waals surface area contributed by atoms with Gasteiger partial charge >= 0.3 is 0 Å². The van der Waals surface area contributed by atoms with Gasteiger partial charge in [-0.05, 0) is 25.1 Å². The van der Waals surface area contributed by atoms with Crippen LogP contribution in [0.5, 0.6) is 5.75 Å². The van der Waals surface area contributed by atoms with Gasteiger partial charge in [-0.2, -0.15) is 0 Å². The van der Waals surface area contributed by atoms with Crippen LogP contribution >= 0.6 is 23.2 Å². The van der Waals surface area contributed by atoms with Crippen molar-refractivity contribution in [1.82, 2.24) is 10.2 Å². The molecule has 0 aromatic heterocycles. The molecule has 21 heavy (non-hydrogen) atoms. The molecule has 1 aromatic carbocycles. The van der Waals surface area contributed by atoms with Crippen LogP contribution in [0.4, 0.5) is 0 Å². The number of carbonyl (C=O) groups excluding carboxylic acids is 1. The Bertz CT molecular complexity index is 523. The largest absolute Gasteiger partial charge is 0.479 e. The lowest BCUT2D eigenvalue weighted by molar-refractivity contribution is -0.132. The highest BCUT2D eigenvalue weighted by Gasteiger charge is 2.31. The molecule has 0 aliphatic carbocycles. The van der Waals surface area contributed by atoms with Crippen LogP contribution in [0.15, 0.2) is 12.1 Å². The van der Waals surface area contributed by atoms with Crippen LogP contribution in [-0.4, -0.2) is 37.0 Å². The van der Waals surface area contributed by atoms with E-state index in [-0.39, 0.29) is 5.91 Å². The van der Waals surface area contributed by atoms with Gasteiger partial charge in [0.25, 0.3) is 5.91 Å². The van der Waals surface area contributed by atoms with Gasteiger partial charge in [-0.15, -0.1) is 0 Å². The zero-order valence-corrected chi connectivity index (χ0v) is 13.8. The zero-order chi connectivity index (χ0) is 15.4. The summed E-state index contributed by atoms with van der Waals surface area (Å²) in [5.74, 6) is 0.548. The lowest BCUT2D eigenvalue weighted by atomic mass is 10.2. The summed E-state index contributed by atoms with van der Waals surface area (Å²) < 4.78 is 5.88. The molecular weight excluding hydrogens is 311 g/mol. The summed E-state index contributed by atoms with van der Waals surface area (Å²) in [6.45, 7) is 4.31. The minimum Gasteiger partial charge on any atom is -0.479 e. The molecule has 0 saturated carbocycles. The van der Waals surface area contributed by atoms with Gasteiger partial charge in [0.05, 0.1) is 5.02 Å². The number of rotatable bonds is 6. The third-order valence-corrected chi connectivity index (χ3v) is 3.96. The van der Waals surface area contributed by atoms with Crippen LogP contribution in [0.25, 0.3) is 0 Å². The highest BCUT2D eigenvalue weighted by atomic mass is 35.5. The fourth-order valence-corrected chi connectivity index (χ4v) is 2.90. The number of amides is 1. The molecule has 0 spiro atoms. The van der Waals surface area contributed by atoms with E-state index in [9.17, 15) is 4.79 Å². The molecule has 0 bridgehead atoms. The van der Waals surface area contributed by atoms with E-state index in [1.165, 1.54) is 0 Å². The molecule has 2 rings (SSSR count). The summed E-state index contributed by atoms with van der Waals surface area (Å²) in [4.78, 5) is 13.6. The SMILES string of the molecule is CCCNCc1cc(Cl)cc(Cl)c1OC1CCN(C)C1=O. The molecule has 1 unspecified atom stereocenters. The van der Waals surface area contributed by atoms with Crippen LogP contribution in [0.3, 0.4) is 0 Å². The predicted molar refractivity (Wildman–Crippen MR) is 85.1 cm³/mol. The first-order valence-corrected chi connectivity index (χ1v) is 7.88. The van der Waals surface area contributed by atoms with E-state index in [2.05, 4.69) is 12.2 Å². The Morgan fingerprint density at radius 3 is 2.81 bits per heavy atom. The van der Waals surface area contributed by atoms with Crippen LogP contribution in [0.2, 0.25) is 10.0 Å². The van der Waals surface area contributed by atoms with Gasteiger partial charge in [0.1, 0.15) is 5.75 Å². The minimum atomic E-state index is -0.460. The molecule has 1 N–H and O–H groups in total. The molecule has 1 heterocycles. The van der Waals surface area contributed by atoms with Crippen molar-refractivity contribution in [2.24, 2.45) is 0 Å². The third-order valence-electron chi connectivity index (χ3n) is 3.47. The summed E-state index contributed by atoms with van der Waals surface area (Å²) in [7, 11) is 1.78. The van der Waals surface area contributed by atoms with E-state index in [0.29, 0.717) is 35.3 Å². The molecule has 6 heteroatoms. The van der Waals surface area contributed by atoms with Crippen molar-refractivity contribution in [3.05, 3.63) is 27.7 Å². The van der Waals surface area contributed by atoms with E-state index in [4.69, 9.17) is 27.9 Å². The first-order chi connectivity index (χ1) is 10.0. The Hall–Kier alpha value is -0.970. The quantitative estimate of drug-likeness (QED) is 0.815. The molecular formula is C15H20Cl2N2O2. The molecule has 1 aliphatic heterocycles. The molecule has 1 saturated heterocycles. The van der Waals surface area contributed by atoms with Gasteiger partial charge in [0.15, 0.2) is 6.10 Å². The van der Waals surface area contributed by atoms with E-state index >= 15 is 0 Å². The van der Waals surface area contributed by atoms with Crippen molar-refractivity contribution in [3.63, 3.8) is 0 Å². The molecule has 1 aliphatic rings. The number of hydrogen-bond acceptors (Lipinski definition) is 3. The maximum atomic E-state index is 12.0. The summed E-state index contributed by atoms with van der Waals surface area (Å²) >= 11 is 12.3. The van der Waals surface area contributed by atoms with Gasteiger partial charge in [0.2, 0.25) is 0 Å². The maximum absolute atomic E-state index is 12.0. The monoisotopic (exact) mass is 330 g/mol. The summed E-state index contributed by atoms with van der Waals surface area (Å²) in [5.41, 5.74) is 0.878. The van der Waals surface area contributed by atoms with Crippen LogP contribution in [0, 0.1) is 0 Å². The molecule has 1 aromatic rings. The Morgan fingerprint density at radius 1 is 1.43 bits per heavy atom. The molecule has 0 radical (unpaired) electrons. The number of hydrogen-bond donors (Lipinski definition) is 1. The molecule has 1 fully saturated rings. The number of halogens is 2. The topological polar surface area (TPSA) is 41.6 Å². The van der Waals surface area contributed by atoms with E-state index < -0.39 is 6.10 Å². The predicted octanol–water partition coefficient (Wildman–Crippen LogP) is 3.10. The molecule has 1 amide bonds. The third kappa shape index (κ3) is 4.02. The average molecular weight is 331 g/mol. The van der Waals surface area contributed by atoms with Crippen LogP contribution in [0.1, 0.15) is 25.3 Å². The standard InChI is InChI=1S/C15H20Cl2N2O2/c1-3-5-18-9-10-7-11(16)8-12(17)14(10)21-13-4-6-19(2)15(13)20/h7-8,13,18H,3-6,9H2,1-2H3. The number of benzene rings is 1. The highest BCUT2D eigenvalue weighted by Crippen LogP contribution is 2.34. The van der Waals surface area contributed by atoms with Crippen molar-refractivity contribution in [1.29, 1.82) is 0 Å². The van der Waals surface area contributed by atoms with Crippen molar-refractivity contribution >= 4 is 29.1 Å². The van der Waals surface area contributed by atoms with Gasteiger partial charge in [-0.3, -0.25) is 4.79 Å². The summed E-state index contributed by atoms with van der Waals surface area (Å²) in [6.07, 6.45) is 1.26. The first-order valence-electron chi connectivity index (χ1n) is 7.13. The average Bonchev–Trinajstić information content (AvgIpc) is 2.74. The second kappa shape index (κ2) is 7.34. The Labute approximate surface area is 135 Å². The number of carbonyl (C=O) groups is 1. The lowest BCUT2D eigenvalue weighted by Crippen LogP contribution is -2.30. The number of nitrogens with zero attached hydrogens (tertiary/aromatic N) is 1. The van der Waals surface area contributed by atoms with E-state index in [1.54, 1.807) is 18.0 Å². The summed E-state index contributed by atoms with van der Waals surface area (Å²) in [5, 5.41) is 4.31. The fraction of sp³-hybridized carbons (Fsp3) is 0.533. The maximum Gasteiger partial charge on any atom is 0.263 e. The first kappa shape index (κ1) is 16.4. The van der Waals surface area contributed by atoms with E-state index in [1.807, 2.05) is 6.07 Å². The Morgan fingerprint density at radius 2 is 2.19 bits per heavy atom. The van der Waals surface area contributed by atoms with Crippen LogP contribution in [-0.2, 0) is 11.3 Å². The smallest absolute Gasteiger partial charge is 0.263 e. The lowest BCUT2D eigenvalue weighted by Gasteiger charge is -2.18. The zero-order valence-electron chi connectivity index (χ0n) is 12.3. The summed E-state index contributed by atoms with van der Waals surface area (Å²) in [6, 6.07) is 3.47. The van der Waals surface area contributed by atoms with Gasteiger partial charge < -0.3 is 15.0 Å². The molecule has 4 nitrogen and oxygen atoms in total. The number of likely N-dealkylation sites (tertiary alicyclic amines) is 1. The fourth-order valence-electron chi connectivity index (χ4n) is 2.32. The second-order valence-electron chi connectivity index (χ2n) is 5.21. The highest BCUT2D eigenvalue weighted by molar-refractivity contribution is 6.35. The Balaban J connectivity index is 2.18. The number of likely N-dealkylation sites (N-methyl/N-ethyl adjacent to an activating group) is 1. The van der Waals surface area contributed by atoms with Gasteiger partial charge in [-0.1, -0.05) is 30.1 Å². The molecule has 1 atom stereocenters. The Kier molecular flexibility index (Phi) is 5.73. The van der Waals surface area contributed by atoms with Gasteiger partial charge in [0, 0.05) is 37.1 Å². The van der Waals surface area contributed by atoms with E-state index in [0.717, 1.165) is 18.5 Å². The van der Waals surface area contributed by atoms with Crippen molar-refractivity contribution < 1.29 is 9.53 Å². The van der Waals surface area contributed by atoms with Crippen molar-refractivity contribution in [2.75, 3.05) is 20.1 Å². The number of ether oxygens (including phenoxy) is 1. The van der Waals surface area contributed by atoms with Crippen LogP contribution < -0.4 is 10.1 Å². The number of nitrogens with one attached hydrogen (secondary N) is 1. The van der Waals surface area contributed by atoms with Gasteiger partial charge in [-0.25, -0.2) is 0 Å². The second-order valence-corrected chi connectivity index (χ2v) is 6.05. The molecule has 116 valence electrons. The normalized spacial score (nSPS) is 18.4.